The Hall–Kier alpha value is -2.61. The zero-order valence-corrected chi connectivity index (χ0v) is 17.6. The zero-order valence-electron chi connectivity index (χ0n) is 16.8. The van der Waals surface area contributed by atoms with Crippen LogP contribution in [0.2, 0.25) is 0 Å². The van der Waals surface area contributed by atoms with Gasteiger partial charge in [0.2, 0.25) is 5.91 Å². The Bertz CT molecular complexity index is 1110. The number of amides is 1. The van der Waals surface area contributed by atoms with Gasteiger partial charge in [-0.2, -0.15) is 0 Å². The Morgan fingerprint density at radius 3 is 2.77 bits per heavy atom. The number of benzene rings is 1. The third-order valence-corrected chi connectivity index (χ3v) is 7.16. The van der Waals surface area contributed by atoms with Crippen molar-refractivity contribution in [3.8, 4) is 11.3 Å². The number of furan rings is 1. The maximum Gasteiger partial charge on any atom is 0.232 e. The first-order valence-corrected chi connectivity index (χ1v) is 11.0. The maximum atomic E-state index is 12.0. The molecule has 0 spiro atoms. The zero-order chi connectivity index (χ0) is 20.8. The van der Waals surface area contributed by atoms with Crippen LogP contribution in [0, 0.1) is 6.92 Å². The quantitative estimate of drug-likeness (QED) is 0.673. The van der Waals surface area contributed by atoms with E-state index in [2.05, 4.69) is 29.2 Å². The molecule has 5 rings (SSSR count). The van der Waals surface area contributed by atoms with Gasteiger partial charge < -0.3 is 15.9 Å². The van der Waals surface area contributed by atoms with Crippen molar-refractivity contribution in [2.24, 2.45) is 11.5 Å². The van der Waals surface area contributed by atoms with E-state index in [1.165, 1.54) is 17.3 Å². The molecule has 30 heavy (non-hydrogen) atoms. The predicted octanol–water partition coefficient (Wildman–Crippen LogP) is 3.17. The van der Waals surface area contributed by atoms with Crippen molar-refractivity contribution in [1.29, 1.82) is 0 Å². The van der Waals surface area contributed by atoms with Gasteiger partial charge in [0.25, 0.3) is 0 Å². The highest BCUT2D eigenvalue weighted by Crippen LogP contribution is 2.49. The van der Waals surface area contributed by atoms with E-state index < -0.39 is 17.2 Å². The summed E-state index contributed by atoms with van der Waals surface area (Å²) in [7, 11) is 0. The van der Waals surface area contributed by atoms with E-state index >= 15 is 0 Å². The molecule has 6 nitrogen and oxygen atoms in total. The van der Waals surface area contributed by atoms with Crippen molar-refractivity contribution in [3.63, 3.8) is 0 Å². The predicted molar refractivity (Wildman–Crippen MR) is 117 cm³/mol. The standard InChI is InChI=1S/C23H24N4O2S/c1-13-7-8-17(29-13)18-15-12-27(11-14-5-3-2-4-6-14)10-9-16(15)26-23-19(18)20(24)21(30-23)22(25)28/h2-8,20-21H,9-12,24H2,1H3,(H2,25,28). The van der Waals surface area contributed by atoms with Crippen LogP contribution in [-0.2, 0) is 24.3 Å². The molecule has 2 unspecified atom stereocenters. The molecule has 2 atom stereocenters. The number of primary amides is 1. The maximum absolute atomic E-state index is 12.0. The minimum atomic E-state index is -0.508. The van der Waals surface area contributed by atoms with E-state index in [0.717, 1.165) is 65.0 Å². The second-order valence-electron chi connectivity index (χ2n) is 7.95. The number of nitrogens with zero attached hydrogens (tertiary/aromatic N) is 2. The summed E-state index contributed by atoms with van der Waals surface area (Å²) in [6.07, 6.45) is 0.846. The number of carbonyl (C=O) groups excluding carboxylic acids is 1. The third-order valence-electron chi connectivity index (χ3n) is 5.85. The van der Waals surface area contributed by atoms with E-state index in [1.54, 1.807) is 0 Å². The number of carbonyl (C=O) groups is 1. The van der Waals surface area contributed by atoms with Crippen molar-refractivity contribution in [2.45, 2.75) is 42.8 Å². The number of rotatable bonds is 4. The smallest absolute Gasteiger partial charge is 0.232 e. The van der Waals surface area contributed by atoms with Crippen LogP contribution in [0.4, 0.5) is 0 Å². The summed E-state index contributed by atoms with van der Waals surface area (Å²) in [6, 6.07) is 13.9. The third kappa shape index (κ3) is 3.33. The molecule has 4 heterocycles. The topological polar surface area (TPSA) is 98.4 Å². The number of thioether (sulfide) groups is 1. The van der Waals surface area contributed by atoms with E-state index in [4.69, 9.17) is 20.9 Å². The second kappa shape index (κ2) is 7.58. The largest absolute Gasteiger partial charge is 0.461 e. The van der Waals surface area contributed by atoms with Crippen molar-refractivity contribution in [2.75, 3.05) is 6.54 Å². The first kappa shape index (κ1) is 19.4. The van der Waals surface area contributed by atoms with Crippen LogP contribution in [-0.4, -0.2) is 27.6 Å². The van der Waals surface area contributed by atoms with Gasteiger partial charge in [0.15, 0.2) is 0 Å². The van der Waals surface area contributed by atoms with Crippen molar-refractivity contribution >= 4 is 17.7 Å². The molecule has 154 valence electrons. The summed E-state index contributed by atoms with van der Waals surface area (Å²) in [5.74, 6) is 1.22. The van der Waals surface area contributed by atoms with Crippen LogP contribution in [0.25, 0.3) is 11.3 Å². The van der Waals surface area contributed by atoms with Gasteiger partial charge in [0.1, 0.15) is 21.8 Å². The molecular weight excluding hydrogens is 396 g/mol. The lowest BCUT2D eigenvalue weighted by atomic mass is 9.90. The number of hydrogen-bond acceptors (Lipinski definition) is 6. The number of pyridine rings is 1. The summed E-state index contributed by atoms with van der Waals surface area (Å²) in [6.45, 7) is 4.50. The monoisotopic (exact) mass is 420 g/mol. The van der Waals surface area contributed by atoms with Crippen molar-refractivity contribution in [1.82, 2.24) is 9.88 Å². The SMILES string of the molecule is Cc1ccc(-c2c3c(nc4c2C(N)C(C(N)=O)S4)CCN(Cc2ccccc2)C3)o1. The fourth-order valence-corrected chi connectivity index (χ4v) is 5.58. The first-order valence-electron chi connectivity index (χ1n) is 10.1. The Morgan fingerprint density at radius 2 is 2.07 bits per heavy atom. The minimum absolute atomic E-state index is 0.407. The molecular formula is C23H24N4O2S. The molecule has 1 aromatic carbocycles. The van der Waals surface area contributed by atoms with Crippen LogP contribution in [0.3, 0.4) is 0 Å². The molecule has 0 saturated carbocycles. The lowest BCUT2D eigenvalue weighted by molar-refractivity contribution is -0.117. The number of aromatic nitrogens is 1. The molecule has 0 radical (unpaired) electrons. The van der Waals surface area contributed by atoms with Gasteiger partial charge in [-0.15, -0.1) is 0 Å². The molecule has 0 aliphatic carbocycles. The van der Waals surface area contributed by atoms with E-state index in [0.29, 0.717) is 0 Å². The highest BCUT2D eigenvalue weighted by molar-refractivity contribution is 8.01. The summed E-state index contributed by atoms with van der Waals surface area (Å²) in [5.41, 5.74) is 17.5. The van der Waals surface area contributed by atoms with Gasteiger partial charge in [0, 0.05) is 42.9 Å². The van der Waals surface area contributed by atoms with Crippen LogP contribution in [0.15, 0.2) is 51.9 Å². The lowest BCUT2D eigenvalue weighted by Crippen LogP contribution is -2.34. The molecule has 2 aliphatic rings. The second-order valence-corrected chi connectivity index (χ2v) is 9.08. The van der Waals surface area contributed by atoms with Crippen LogP contribution in [0.1, 0.15) is 34.2 Å². The fourth-order valence-electron chi connectivity index (χ4n) is 4.41. The Kier molecular flexibility index (Phi) is 4.89. The summed E-state index contributed by atoms with van der Waals surface area (Å²) in [5, 5.41) is 0.303. The van der Waals surface area contributed by atoms with Gasteiger partial charge in [-0.05, 0) is 30.2 Å². The molecule has 0 fully saturated rings. The van der Waals surface area contributed by atoms with Gasteiger partial charge in [-0.25, -0.2) is 4.98 Å². The van der Waals surface area contributed by atoms with Crippen molar-refractivity contribution < 1.29 is 9.21 Å². The fraction of sp³-hybridized carbons (Fsp3) is 0.304. The summed E-state index contributed by atoms with van der Waals surface area (Å²) >= 11 is 1.38. The Morgan fingerprint density at radius 1 is 1.27 bits per heavy atom. The van der Waals surface area contributed by atoms with Crippen LogP contribution in [0.5, 0.6) is 0 Å². The van der Waals surface area contributed by atoms with Gasteiger partial charge in [-0.1, -0.05) is 42.1 Å². The molecule has 3 aromatic rings. The molecule has 2 aliphatic heterocycles. The van der Waals surface area contributed by atoms with Gasteiger partial charge in [0.05, 0.1) is 6.04 Å². The highest BCUT2D eigenvalue weighted by atomic mass is 32.2. The molecule has 7 heteroatoms. The van der Waals surface area contributed by atoms with Crippen LogP contribution < -0.4 is 11.5 Å². The molecule has 4 N–H and O–H groups in total. The van der Waals surface area contributed by atoms with E-state index in [1.807, 2.05) is 25.1 Å². The average Bonchev–Trinajstić information content (AvgIpc) is 3.30. The lowest BCUT2D eigenvalue weighted by Gasteiger charge is -2.30. The van der Waals surface area contributed by atoms with E-state index in [9.17, 15) is 4.79 Å². The Balaban J connectivity index is 1.59. The van der Waals surface area contributed by atoms with Crippen molar-refractivity contribution in [3.05, 3.63) is 70.6 Å². The minimum Gasteiger partial charge on any atom is -0.461 e. The highest BCUT2D eigenvalue weighted by Gasteiger charge is 2.40. The molecule has 0 saturated heterocycles. The normalized spacial score (nSPS) is 20.7. The average molecular weight is 421 g/mol. The van der Waals surface area contributed by atoms with Crippen LogP contribution >= 0.6 is 11.8 Å². The summed E-state index contributed by atoms with van der Waals surface area (Å²) in [4.78, 5) is 19.3. The molecule has 1 amide bonds. The summed E-state index contributed by atoms with van der Waals surface area (Å²) < 4.78 is 6.03. The first-order chi connectivity index (χ1) is 14.5. The van der Waals surface area contributed by atoms with Gasteiger partial charge >= 0.3 is 0 Å². The molecule has 2 aromatic heterocycles. The molecule has 0 bridgehead atoms. The Labute approximate surface area is 179 Å². The number of nitrogens with two attached hydrogens (primary N) is 2. The van der Waals surface area contributed by atoms with Gasteiger partial charge in [-0.3, -0.25) is 9.69 Å². The van der Waals surface area contributed by atoms with E-state index in [-0.39, 0.29) is 0 Å². The number of aryl methyl sites for hydroxylation is 1. The number of hydrogen-bond donors (Lipinski definition) is 2. The number of fused-ring (bicyclic) bond motifs is 2.